The molecular weight excluding hydrogens is 268 g/mol. The van der Waals surface area contributed by atoms with E-state index in [-0.39, 0.29) is 0 Å². The molecule has 0 unspecified atom stereocenters. The lowest BCUT2D eigenvalue weighted by Gasteiger charge is -2.36. The minimum Gasteiger partial charge on any atom is -0.369 e. The molecule has 0 radical (unpaired) electrons. The Morgan fingerprint density at radius 2 is 1.50 bits per heavy atom. The summed E-state index contributed by atoms with van der Waals surface area (Å²) in [5.74, 6) is 0. The molecule has 1 heterocycles. The highest BCUT2D eigenvalue weighted by atomic mass is 15.3. The quantitative estimate of drug-likeness (QED) is 0.846. The summed E-state index contributed by atoms with van der Waals surface area (Å²) in [4.78, 5) is 5.09. The molecule has 2 aromatic carbocycles. The SMILES string of the molecule is Cc1ccc(CN2CCN(c3ccccc3C)CC2)cc1C. The smallest absolute Gasteiger partial charge is 0.0396 e. The summed E-state index contributed by atoms with van der Waals surface area (Å²) < 4.78 is 0. The number of rotatable bonds is 3. The number of aryl methyl sites for hydroxylation is 3. The lowest BCUT2D eigenvalue weighted by molar-refractivity contribution is 0.250. The van der Waals surface area contributed by atoms with Crippen LogP contribution in [0.5, 0.6) is 0 Å². The highest BCUT2D eigenvalue weighted by Gasteiger charge is 2.18. The molecule has 0 bridgehead atoms. The zero-order valence-electron chi connectivity index (χ0n) is 14.0. The van der Waals surface area contributed by atoms with Crippen molar-refractivity contribution in [3.63, 3.8) is 0 Å². The van der Waals surface area contributed by atoms with Gasteiger partial charge in [-0.25, -0.2) is 0 Å². The molecule has 0 atom stereocenters. The van der Waals surface area contributed by atoms with E-state index in [1.54, 1.807) is 0 Å². The molecule has 0 spiro atoms. The van der Waals surface area contributed by atoms with Crippen molar-refractivity contribution >= 4 is 5.69 Å². The highest BCUT2D eigenvalue weighted by Crippen LogP contribution is 2.21. The summed E-state index contributed by atoms with van der Waals surface area (Å²) in [7, 11) is 0. The van der Waals surface area contributed by atoms with Crippen molar-refractivity contribution in [3.8, 4) is 0 Å². The van der Waals surface area contributed by atoms with Crippen LogP contribution in [0.2, 0.25) is 0 Å². The van der Waals surface area contributed by atoms with E-state index in [4.69, 9.17) is 0 Å². The average Bonchev–Trinajstić information content (AvgIpc) is 2.52. The number of para-hydroxylation sites is 1. The predicted molar refractivity (Wildman–Crippen MR) is 94.6 cm³/mol. The van der Waals surface area contributed by atoms with E-state index in [0.717, 1.165) is 32.7 Å². The standard InChI is InChI=1S/C20H26N2/c1-16-8-9-19(14-18(16)3)15-21-10-12-22(13-11-21)20-7-5-4-6-17(20)2/h4-9,14H,10-13,15H2,1-3H3. The van der Waals surface area contributed by atoms with Gasteiger partial charge in [0.2, 0.25) is 0 Å². The number of nitrogens with zero attached hydrogens (tertiary/aromatic N) is 2. The molecule has 1 aliphatic heterocycles. The molecular formula is C20H26N2. The van der Waals surface area contributed by atoms with Crippen LogP contribution in [0.4, 0.5) is 5.69 Å². The third-order valence-electron chi connectivity index (χ3n) is 4.81. The third kappa shape index (κ3) is 3.33. The Balaban J connectivity index is 1.60. The summed E-state index contributed by atoms with van der Waals surface area (Å²) in [5.41, 5.74) is 7.00. The summed E-state index contributed by atoms with van der Waals surface area (Å²) in [6.07, 6.45) is 0. The Morgan fingerprint density at radius 1 is 0.773 bits per heavy atom. The summed E-state index contributed by atoms with van der Waals surface area (Å²) in [5, 5.41) is 0. The normalized spacial score (nSPS) is 16.0. The number of anilines is 1. The van der Waals surface area contributed by atoms with E-state index in [0.29, 0.717) is 0 Å². The molecule has 0 saturated carbocycles. The summed E-state index contributed by atoms with van der Waals surface area (Å²) >= 11 is 0. The molecule has 1 aliphatic rings. The highest BCUT2D eigenvalue weighted by molar-refractivity contribution is 5.53. The van der Waals surface area contributed by atoms with Crippen molar-refractivity contribution in [3.05, 3.63) is 64.7 Å². The van der Waals surface area contributed by atoms with Crippen LogP contribution in [-0.4, -0.2) is 31.1 Å². The Labute approximate surface area is 134 Å². The van der Waals surface area contributed by atoms with Gasteiger partial charge in [0.25, 0.3) is 0 Å². The van der Waals surface area contributed by atoms with Gasteiger partial charge in [-0.05, 0) is 49.1 Å². The van der Waals surface area contributed by atoms with Crippen LogP contribution in [0.1, 0.15) is 22.3 Å². The van der Waals surface area contributed by atoms with Gasteiger partial charge >= 0.3 is 0 Å². The fourth-order valence-electron chi connectivity index (χ4n) is 3.23. The summed E-state index contributed by atoms with van der Waals surface area (Å²) in [6, 6.07) is 15.6. The van der Waals surface area contributed by atoms with Gasteiger partial charge in [-0.1, -0.05) is 36.4 Å². The minimum atomic E-state index is 1.07. The molecule has 2 heteroatoms. The van der Waals surface area contributed by atoms with Crippen molar-refractivity contribution < 1.29 is 0 Å². The van der Waals surface area contributed by atoms with E-state index in [2.05, 4.69) is 73.0 Å². The van der Waals surface area contributed by atoms with Gasteiger partial charge in [-0.2, -0.15) is 0 Å². The number of benzene rings is 2. The zero-order chi connectivity index (χ0) is 15.5. The van der Waals surface area contributed by atoms with Gasteiger partial charge in [0.1, 0.15) is 0 Å². The predicted octanol–water partition coefficient (Wildman–Crippen LogP) is 3.93. The number of hydrogen-bond acceptors (Lipinski definition) is 2. The van der Waals surface area contributed by atoms with Gasteiger partial charge in [-0.3, -0.25) is 4.90 Å². The fourth-order valence-corrected chi connectivity index (χ4v) is 3.23. The molecule has 1 fully saturated rings. The Morgan fingerprint density at radius 3 is 2.18 bits per heavy atom. The van der Waals surface area contributed by atoms with E-state index in [1.807, 2.05) is 0 Å². The second-order valence-corrected chi connectivity index (χ2v) is 6.47. The molecule has 22 heavy (non-hydrogen) atoms. The van der Waals surface area contributed by atoms with Gasteiger partial charge in [0.15, 0.2) is 0 Å². The Bertz CT molecular complexity index is 640. The van der Waals surface area contributed by atoms with E-state index in [9.17, 15) is 0 Å². The average molecular weight is 294 g/mol. The first kappa shape index (κ1) is 15.1. The third-order valence-corrected chi connectivity index (χ3v) is 4.81. The van der Waals surface area contributed by atoms with E-state index < -0.39 is 0 Å². The van der Waals surface area contributed by atoms with E-state index in [1.165, 1.54) is 27.9 Å². The first-order valence-corrected chi connectivity index (χ1v) is 8.22. The molecule has 0 amide bonds. The maximum Gasteiger partial charge on any atom is 0.0396 e. The van der Waals surface area contributed by atoms with Gasteiger partial charge in [0.05, 0.1) is 0 Å². The van der Waals surface area contributed by atoms with Crippen LogP contribution >= 0.6 is 0 Å². The Kier molecular flexibility index (Phi) is 4.49. The molecule has 0 aromatic heterocycles. The van der Waals surface area contributed by atoms with Crippen LogP contribution in [0.3, 0.4) is 0 Å². The first-order valence-electron chi connectivity index (χ1n) is 8.22. The molecule has 3 rings (SSSR count). The van der Waals surface area contributed by atoms with Crippen LogP contribution in [0, 0.1) is 20.8 Å². The minimum absolute atomic E-state index is 1.07. The van der Waals surface area contributed by atoms with Gasteiger partial charge in [-0.15, -0.1) is 0 Å². The largest absolute Gasteiger partial charge is 0.369 e. The molecule has 2 nitrogen and oxygen atoms in total. The van der Waals surface area contributed by atoms with Crippen LogP contribution in [0.25, 0.3) is 0 Å². The van der Waals surface area contributed by atoms with Crippen molar-refractivity contribution in [1.29, 1.82) is 0 Å². The Hall–Kier alpha value is -1.80. The van der Waals surface area contributed by atoms with Crippen molar-refractivity contribution in [2.45, 2.75) is 27.3 Å². The van der Waals surface area contributed by atoms with Crippen LogP contribution in [0.15, 0.2) is 42.5 Å². The zero-order valence-corrected chi connectivity index (χ0v) is 14.0. The lowest BCUT2D eigenvalue weighted by atomic mass is 10.1. The van der Waals surface area contributed by atoms with Crippen LogP contribution < -0.4 is 4.90 Å². The molecule has 0 aliphatic carbocycles. The molecule has 116 valence electrons. The van der Waals surface area contributed by atoms with Crippen molar-refractivity contribution in [1.82, 2.24) is 4.90 Å². The van der Waals surface area contributed by atoms with Crippen LogP contribution in [-0.2, 0) is 6.54 Å². The summed E-state index contributed by atoms with van der Waals surface area (Å²) in [6.45, 7) is 12.2. The number of piperazine rings is 1. The molecule has 1 saturated heterocycles. The molecule has 2 aromatic rings. The first-order chi connectivity index (χ1) is 10.6. The van der Waals surface area contributed by atoms with Crippen molar-refractivity contribution in [2.24, 2.45) is 0 Å². The fraction of sp³-hybridized carbons (Fsp3) is 0.400. The van der Waals surface area contributed by atoms with Crippen molar-refractivity contribution in [2.75, 3.05) is 31.1 Å². The topological polar surface area (TPSA) is 6.48 Å². The second-order valence-electron chi connectivity index (χ2n) is 6.47. The van der Waals surface area contributed by atoms with E-state index >= 15 is 0 Å². The van der Waals surface area contributed by atoms with Gasteiger partial charge in [0, 0.05) is 38.4 Å². The number of hydrogen-bond donors (Lipinski definition) is 0. The molecule has 0 N–H and O–H groups in total. The second kappa shape index (κ2) is 6.53. The van der Waals surface area contributed by atoms with Gasteiger partial charge < -0.3 is 4.90 Å². The lowest BCUT2D eigenvalue weighted by Crippen LogP contribution is -2.46. The maximum absolute atomic E-state index is 2.57. The monoisotopic (exact) mass is 294 g/mol. The maximum atomic E-state index is 2.57.